The van der Waals surface area contributed by atoms with E-state index in [1.165, 1.54) is 4.90 Å². The van der Waals surface area contributed by atoms with E-state index in [-0.39, 0.29) is 6.04 Å². The summed E-state index contributed by atoms with van der Waals surface area (Å²) in [6.45, 7) is 1.22. The molecule has 0 spiro atoms. The number of nitrogens with zero attached hydrogens (tertiary/aromatic N) is 2. The van der Waals surface area contributed by atoms with Crippen LogP contribution in [0, 0.1) is 0 Å². The summed E-state index contributed by atoms with van der Waals surface area (Å²) in [5.41, 5.74) is 3.71. The largest absolute Gasteiger partial charge is 0.383 e. The van der Waals surface area contributed by atoms with Gasteiger partial charge in [-0.25, -0.2) is 0 Å². The number of halogens is 1. The number of methoxy groups -OCH3 is 1. The maximum atomic E-state index is 6.25. The quantitative estimate of drug-likeness (QED) is 0.443. The summed E-state index contributed by atoms with van der Waals surface area (Å²) < 4.78 is 6.93. The lowest BCUT2D eigenvalue weighted by Gasteiger charge is -2.18. The highest BCUT2D eigenvalue weighted by molar-refractivity contribution is 7.99. The number of ether oxygens (including phenoxy) is 1. The number of benzene rings is 1. The van der Waals surface area contributed by atoms with Crippen LogP contribution in [-0.2, 0) is 11.3 Å². The van der Waals surface area contributed by atoms with Crippen LogP contribution in [-0.4, -0.2) is 29.3 Å². The number of thioether (sulfide) groups is 1. The Bertz CT molecular complexity index is 549. The number of aromatic nitrogens is 2. The van der Waals surface area contributed by atoms with Crippen molar-refractivity contribution < 1.29 is 4.74 Å². The van der Waals surface area contributed by atoms with Crippen molar-refractivity contribution in [1.82, 2.24) is 15.2 Å². The lowest BCUT2D eigenvalue weighted by molar-refractivity contribution is 0.182. The van der Waals surface area contributed by atoms with Crippen LogP contribution in [0.5, 0.6) is 0 Å². The van der Waals surface area contributed by atoms with E-state index in [1.807, 2.05) is 22.9 Å². The molecule has 3 N–H and O–H groups in total. The van der Waals surface area contributed by atoms with Crippen molar-refractivity contribution in [3.05, 3.63) is 47.2 Å². The molecule has 0 saturated heterocycles. The fourth-order valence-corrected chi connectivity index (χ4v) is 3.21. The summed E-state index contributed by atoms with van der Waals surface area (Å²) in [6.07, 6.45) is 1.64. The van der Waals surface area contributed by atoms with E-state index in [1.54, 1.807) is 25.1 Å². The molecule has 0 amide bonds. The molecule has 7 heteroatoms. The summed E-state index contributed by atoms with van der Waals surface area (Å²) >= 11 is 7.97. The van der Waals surface area contributed by atoms with Gasteiger partial charge in [0.05, 0.1) is 36.1 Å². The Morgan fingerprint density at radius 3 is 2.86 bits per heavy atom. The average molecular weight is 327 g/mol. The summed E-state index contributed by atoms with van der Waals surface area (Å²) in [6, 6.07) is 10.1. The molecule has 0 aliphatic heterocycles. The van der Waals surface area contributed by atoms with Gasteiger partial charge >= 0.3 is 0 Å². The second-order valence-electron chi connectivity index (χ2n) is 4.44. The van der Waals surface area contributed by atoms with Crippen molar-refractivity contribution in [1.29, 1.82) is 0 Å². The van der Waals surface area contributed by atoms with Gasteiger partial charge in [-0.1, -0.05) is 29.8 Å². The van der Waals surface area contributed by atoms with Gasteiger partial charge in [-0.3, -0.25) is 16.0 Å². The first-order chi connectivity index (χ1) is 10.3. The molecule has 0 fully saturated rings. The third-order valence-corrected chi connectivity index (χ3v) is 4.43. The monoisotopic (exact) mass is 326 g/mol. The second kappa shape index (κ2) is 8.41. The van der Waals surface area contributed by atoms with Crippen LogP contribution >= 0.6 is 23.4 Å². The van der Waals surface area contributed by atoms with Crippen LogP contribution in [0.15, 0.2) is 41.4 Å². The minimum absolute atomic E-state index is 0.0814. The van der Waals surface area contributed by atoms with Gasteiger partial charge in [0.2, 0.25) is 0 Å². The molecule has 21 heavy (non-hydrogen) atoms. The Balaban J connectivity index is 2.08. The van der Waals surface area contributed by atoms with Crippen LogP contribution in [0.4, 0.5) is 0 Å². The highest BCUT2D eigenvalue weighted by Gasteiger charge is 2.19. The van der Waals surface area contributed by atoms with E-state index in [9.17, 15) is 0 Å². The molecule has 5 nitrogen and oxygen atoms in total. The normalized spacial score (nSPS) is 12.5. The first kappa shape index (κ1) is 16.3. The minimum atomic E-state index is -0.0814. The predicted octanol–water partition coefficient (Wildman–Crippen LogP) is 2.48. The lowest BCUT2D eigenvalue weighted by Crippen LogP contribution is -2.32. The predicted molar refractivity (Wildman–Crippen MR) is 86.3 cm³/mol. The van der Waals surface area contributed by atoms with E-state index < -0.39 is 0 Å². The third kappa shape index (κ3) is 4.46. The maximum absolute atomic E-state index is 6.25. The van der Waals surface area contributed by atoms with Crippen molar-refractivity contribution in [2.24, 2.45) is 5.84 Å². The maximum Gasteiger partial charge on any atom is 0.0835 e. The second-order valence-corrected chi connectivity index (χ2v) is 5.94. The van der Waals surface area contributed by atoms with Crippen LogP contribution < -0.4 is 11.3 Å². The molecule has 0 aliphatic rings. The SMILES string of the molecule is COCCn1ncc(Cl)c1C(CSc1ccccc1)NN. The molecule has 2 aromatic rings. The van der Waals surface area contributed by atoms with Gasteiger partial charge in [0.15, 0.2) is 0 Å². The van der Waals surface area contributed by atoms with Gasteiger partial charge in [-0.15, -0.1) is 11.8 Å². The summed E-state index contributed by atoms with van der Waals surface area (Å²) in [4.78, 5) is 1.19. The van der Waals surface area contributed by atoms with Crippen molar-refractivity contribution in [3.63, 3.8) is 0 Å². The summed E-state index contributed by atoms with van der Waals surface area (Å²) in [7, 11) is 1.66. The first-order valence-electron chi connectivity index (χ1n) is 6.60. The number of hydrogen-bond acceptors (Lipinski definition) is 5. The highest BCUT2D eigenvalue weighted by Crippen LogP contribution is 2.28. The molecular weight excluding hydrogens is 308 g/mol. The van der Waals surface area contributed by atoms with Gasteiger partial charge in [0.1, 0.15) is 0 Å². The zero-order valence-corrected chi connectivity index (χ0v) is 13.4. The number of hydrogen-bond donors (Lipinski definition) is 2. The summed E-state index contributed by atoms with van der Waals surface area (Å²) in [5, 5.41) is 4.89. The van der Waals surface area contributed by atoms with E-state index in [2.05, 4.69) is 22.7 Å². The van der Waals surface area contributed by atoms with Crippen molar-refractivity contribution >= 4 is 23.4 Å². The smallest absolute Gasteiger partial charge is 0.0835 e. The van der Waals surface area contributed by atoms with Crippen molar-refractivity contribution in [2.45, 2.75) is 17.5 Å². The van der Waals surface area contributed by atoms with Gasteiger partial charge in [0.25, 0.3) is 0 Å². The lowest BCUT2D eigenvalue weighted by atomic mass is 10.2. The summed E-state index contributed by atoms with van der Waals surface area (Å²) in [5.74, 6) is 6.46. The van der Waals surface area contributed by atoms with Gasteiger partial charge in [-0.2, -0.15) is 5.10 Å². The Labute approximate surface area is 133 Å². The highest BCUT2D eigenvalue weighted by atomic mass is 35.5. The van der Waals surface area contributed by atoms with Crippen LogP contribution in [0.25, 0.3) is 0 Å². The van der Waals surface area contributed by atoms with Gasteiger partial charge in [-0.05, 0) is 12.1 Å². The van der Waals surface area contributed by atoms with Crippen molar-refractivity contribution in [2.75, 3.05) is 19.5 Å². The van der Waals surface area contributed by atoms with E-state index in [0.29, 0.717) is 18.2 Å². The van der Waals surface area contributed by atoms with E-state index in [4.69, 9.17) is 22.2 Å². The Morgan fingerprint density at radius 1 is 1.43 bits per heavy atom. The van der Waals surface area contributed by atoms with E-state index in [0.717, 1.165) is 11.4 Å². The van der Waals surface area contributed by atoms with E-state index >= 15 is 0 Å². The molecule has 0 bridgehead atoms. The van der Waals surface area contributed by atoms with Crippen LogP contribution in [0.2, 0.25) is 5.02 Å². The fourth-order valence-electron chi connectivity index (χ4n) is 1.98. The average Bonchev–Trinajstić information content (AvgIpc) is 2.88. The molecule has 1 aromatic carbocycles. The van der Waals surface area contributed by atoms with Gasteiger partial charge < -0.3 is 4.74 Å². The number of hydrazine groups is 1. The molecule has 2 rings (SSSR count). The molecule has 1 unspecified atom stereocenters. The molecule has 1 heterocycles. The number of rotatable bonds is 8. The molecule has 1 aromatic heterocycles. The van der Waals surface area contributed by atoms with Crippen LogP contribution in [0.1, 0.15) is 11.7 Å². The Kier molecular flexibility index (Phi) is 6.53. The van der Waals surface area contributed by atoms with Gasteiger partial charge in [0, 0.05) is 17.8 Å². The zero-order chi connectivity index (χ0) is 15.1. The molecule has 0 radical (unpaired) electrons. The third-order valence-electron chi connectivity index (χ3n) is 3.03. The number of nitrogens with two attached hydrogens (primary N) is 1. The topological polar surface area (TPSA) is 65.1 Å². The Hall–Kier alpha value is -1.05. The first-order valence-corrected chi connectivity index (χ1v) is 7.96. The van der Waals surface area contributed by atoms with Crippen molar-refractivity contribution in [3.8, 4) is 0 Å². The fraction of sp³-hybridized carbons (Fsp3) is 0.357. The number of nitrogens with one attached hydrogen (secondary N) is 1. The zero-order valence-electron chi connectivity index (χ0n) is 11.8. The minimum Gasteiger partial charge on any atom is -0.383 e. The molecule has 1 atom stereocenters. The standard InChI is InChI=1S/C14H19ClN4OS/c1-20-8-7-19-14(12(15)9-17-19)13(18-16)10-21-11-5-3-2-4-6-11/h2-6,9,13,18H,7-8,10,16H2,1H3. The molecular formula is C14H19ClN4OS. The van der Waals surface area contributed by atoms with Crippen LogP contribution in [0.3, 0.4) is 0 Å². The molecule has 114 valence electrons. The molecule has 0 aliphatic carbocycles. The Morgan fingerprint density at radius 2 is 2.19 bits per heavy atom. The molecule has 0 saturated carbocycles.